The molecule has 8 nitrogen and oxygen atoms in total. The summed E-state index contributed by atoms with van der Waals surface area (Å²) in [6.45, 7) is 3.35. The zero-order chi connectivity index (χ0) is 21.7. The first-order valence-corrected chi connectivity index (χ1v) is 11.0. The van der Waals surface area contributed by atoms with Gasteiger partial charge in [0.15, 0.2) is 6.61 Å². The Morgan fingerprint density at radius 2 is 1.87 bits per heavy atom. The van der Waals surface area contributed by atoms with E-state index in [4.69, 9.17) is 9.47 Å². The Bertz CT molecular complexity index is 990. The Hall–Kier alpha value is -2.71. The summed E-state index contributed by atoms with van der Waals surface area (Å²) in [5.41, 5.74) is 0.269. The van der Waals surface area contributed by atoms with Crippen molar-refractivity contribution in [2.75, 3.05) is 39.5 Å². The zero-order valence-electron chi connectivity index (χ0n) is 17.7. The standard InChI is InChI=1S/C23H29N3O5/c27-20-14-18(17-6-2-3-7-19(17)25-20)22(29)31-15-21(28)24-16-23(8-4-1-5-9-23)26-10-12-30-13-11-26/h2-3,6-7,14H,1,4-5,8-13,15-16H2,(H,24,28)(H,25,27). The zero-order valence-corrected chi connectivity index (χ0v) is 17.7. The van der Waals surface area contributed by atoms with Crippen molar-refractivity contribution in [1.82, 2.24) is 15.2 Å². The van der Waals surface area contributed by atoms with Crippen LogP contribution in [-0.4, -0.2) is 66.8 Å². The molecule has 1 aromatic carbocycles. The molecule has 2 N–H and O–H groups in total. The van der Waals surface area contributed by atoms with Crippen molar-refractivity contribution in [3.8, 4) is 0 Å². The largest absolute Gasteiger partial charge is 0.452 e. The second kappa shape index (κ2) is 9.62. The van der Waals surface area contributed by atoms with Gasteiger partial charge in [-0.05, 0) is 18.9 Å². The van der Waals surface area contributed by atoms with Crippen molar-refractivity contribution in [3.63, 3.8) is 0 Å². The molecule has 1 aromatic heterocycles. The summed E-state index contributed by atoms with van der Waals surface area (Å²) in [6, 6.07) is 8.21. The van der Waals surface area contributed by atoms with Gasteiger partial charge in [-0.2, -0.15) is 0 Å². The minimum atomic E-state index is -0.682. The number of morpholine rings is 1. The van der Waals surface area contributed by atoms with E-state index in [1.54, 1.807) is 24.3 Å². The summed E-state index contributed by atoms with van der Waals surface area (Å²) < 4.78 is 10.7. The lowest BCUT2D eigenvalue weighted by molar-refractivity contribution is -0.125. The highest BCUT2D eigenvalue weighted by molar-refractivity contribution is 6.03. The average Bonchev–Trinajstić information content (AvgIpc) is 2.81. The molecule has 1 aliphatic carbocycles. The number of benzene rings is 1. The predicted molar refractivity (Wildman–Crippen MR) is 116 cm³/mol. The number of nitrogens with one attached hydrogen (secondary N) is 2. The van der Waals surface area contributed by atoms with Crippen molar-refractivity contribution >= 4 is 22.8 Å². The quantitative estimate of drug-likeness (QED) is 0.683. The number of aromatic nitrogens is 1. The maximum absolute atomic E-state index is 12.6. The number of hydrogen-bond donors (Lipinski definition) is 2. The first kappa shape index (κ1) is 21.5. The lowest BCUT2D eigenvalue weighted by Gasteiger charge is -2.48. The molecule has 2 fully saturated rings. The van der Waals surface area contributed by atoms with Gasteiger partial charge in [-0.3, -0.25) is 14.5 Å². The Morgan fingerprint density at radius 1 is 1.13 bits per heavy atom. The third kappa shape index (κ3) is 4.97. The number of pyridine rings is 1. The van der Waals surface area contributed by atoms with Crippen molar-refractivity contribution in [3.05, 3.63) is 46.2 Å². The fraction of sp³-hybridized carbons (Fsp3) is 0.522. The number of amides is 1. The van der Waals surface area contributed by atoms with Crippen LogP contribution in [0.15, 0.2) is 35.1 Å². The number of fused-ring (bicyclic) bond motifs is 1. The number of carbonyl (C=O) groups is 2. The van der Waals surface area contributed by atoms with E-state index in [0.717, 1.165) is 52.0 Å². The van der Waals surface area contributed by atoms with Crippen LogP contribution in [0.1, 0.15) is 42.5 Å². The molecule has 2 aromatic rings. The number of H-pyrrole nitrogens is 1. The minimum Gasteiger partial charge on any atom is -0.452 e. The summed E-state index contributed by atoms with van der Waals surface area (Å²) in [7, 11) is 0. The van der Waals surface area contributed by atoms with Gasteiger partial charge in [0.2, 0.25) is 5.56 Å². The van der Waals surface area contributed by atoms with Gasteiger partial charge in [0.05, 0.1) is 18.8 Å². The van der Waals surface area contributed by atoms with E-state index >= 15 is 0 Å². The highest BCUT2D eigenvalue weighted by Gasteiger charge is 2.38. The minimum absolute atomic E-state index is 0.0510. The molecule has 4 rings (SSSR count). The summed E-state index contributed by atoms with van der Waals surface area (Å²) in [5.74, 6) is -1.02. The molecule has 1 amide bonds. The fourth-order valence-corrected chi connectivity index (χ4v) is 4.75. The number of nitrogens with zero attached hydrogens (tertiary/aromatic N) is 1. The van der Waals surface area contributed by atoms with Gasteiger partial charge in [-0.1, -0.05) is 37.5 Å². The Balaban J connectivity index is 1.36. The molecule has 31 heavy (non-hydrogen) atoms. The normalized spacial score (nSPS) is 19.1. The van der Waals surface area contributed by atoms with E-state index in [1.807, 2.05) is 0 Å². The van der Waals surface area contributed by atoms with E-state index < -0.39 is 5.97 Å². The summed E-state index contributed by atoms with van der Waals surface area (Å²) in [4.78, 5) is 42.0. The van der Waals surface area contributed by atoms with Gasteiger partial charge in [0, 0.05) is 42.1 Å². The highest BCUT2D eigenvalue weighted by atomic mass is 16.5. The molecule has 166 valence electrons. The van der Waals surface area contributed by atoms with Gasteiger partial charge in [-0.25, -0.2) is 4.79 Å². The van der Waals surface area contributed by atoms with Crippen LogP contribution >= 0.6 is 0 Å². The molecule has 0 radical (unpaired) electrons. The van der Waals surface area contributed by atoms with Crippen LogP contribution in [0.2, 0.25) is 0 Å². The van der Waals surface area contributed by atoms with Crippen LogP contribution in [0, 0.1) is 0 Å². The maximum Gasteiger partial charge on any atom is 0.339 e. The van der Waals surface area contributed by atoms with Crippen molar-refractivity contribution in [1.29, 1.82) is 0 Å². The van der Waals surface area contributed by atoms with Crippen LogP contribution in [0.5, 0.6) is 0 Å². The second-order valence-electron chi connectivity index (χ2n) is 8.33. The van der Waals surface area contributed by atoms with Crippen LogP contribution in [-0.2, 0) is 14.3 Å². The molecular formula is C23H29N3O5. The first-order chi connectivity index (χ1) is 15.1. The molecule has 0 spiro atoms. The fourth-order valence-electron chi connectivity index (χ4n) is 4.75. The van der Waals surface area contributed by atoms with Crippen molar-refractivity contribution in [2.24, 2.45) is 0 Å². The molecule has 2 aliphatic rings. The smallest absolute Gasteiger partial charge is 0.339 e. The SMILES string of the molecule is O=C(COC(=O)c1cc(=O)[nH]c2ccccc12)NCC1(N2CCOCC2)CCCCC1. The van der Waals surface area contributed by atoms with Crippen LogP contribution in [0.3, 0.4) is 0 Å². The van der Waals surface area contributed by atoms with Gasteiger partial charge in [-0.15, -0.1) is 0 Å². The summed E-state index contributed by atoms with van der Waals surface area (Å²) in [6.07, 6.45) is 5.62. The molecule has 2 heterocycles. The number of ether oxygens (including phenoxy) is 2. The van der Waals surface area contributed by atoms with Crippen LogP contribution < -0.4 is 10.9 Å². The Morgan fingerprint density at radius 3 is 2.65 bits per heavy atom. The molecule has 0 bridgehead atoms. The van der Waals surface area contributed by atoms with E-state index in [9.17, 15) is 14.4 Å². The molecule has 0 unspecified atom stereocenters. The average molecular weight is 428 g/mol. The number of aromatic amines is 1. The number of hydrogen-bond acceptors (Lipinski definition) is 6. The van der Waals surface area contributed by atoms with Gasteiger partial charge in [0.25, 0.3) is 5.91 Å². The Kier molecular flexibility index (Phi) is 6.67. The molecule has 0 atom stereocenters. The number of rotatable bonds is 6. The van der Waals surface area contributed by atoms with Crippen molar-refractivity contribution in [2.45, 2.75) is 37.6 Å². The predicted octanol–water partition coefficient (Wildman–Crippen LogP) is 1.84. The summed E-state index contributed by atoms with van der Waals surface area (Å²) >= 11 is 0. The Labute approximate surface area is 180 Å². The van der Waals surface area contributed by atoms with Crippen molar-refractivity contribution < 1.29 is 19.1 Å². The lowest BCUT2D eigenvalue weighted by Crippen LogP contribution is -2.59. The first-order valence-electron chi connectivity index (χ1n) is 11.0. The topological polar surface area (TPSA) is 101 Å². The molecule has 1 aliphatic heterocycles. The number of para-hydroxylation sites is 1. The van der Waals surface area contributed by atoms with E-state index in [2.05, 4.69) is 15.2 Å². The number of carbonyl (C=O) groups excluding carboxylic acids is 2. The second-order valence-corrected chi connectivity index (χ2v) is 8.33. The molecule has 1 saturated heterocycles. The van der Waals surface area contributed by atoms with E-state index in [-0.39, 0.29) is 29.2 Å². The van der Waals surface area contributed by atoms with E-state index in [1.165, 1.54) is 12.5 Å². The van der Waals surface area contributed by atoms with Crippen LogP contribution in [0.25, 0.3) is 10.9 Å². The summed E-state index contributed by atoms with van der Waals surface area (Å²) in [5, 5.41) is 3.56. The number of esters is 1. The third-order valence-electron chi connectivity index (χ3n) is 6.39. The third-order valence-corrected chi connectivity index (χ3v) is 6.39. The monoisotopic (exact) mass is 427 g/mol. The van der Waals surface area contributed by atoms with Crippen LogP contribution in [0.4, 0.5) is 0 Å². The molecule has 8 heteroatoms. The highest BCUT2D eigenvalue weighted by Crippen LogP contribution is 2.33. The maximum atomic E-state index is 12.6. The van der Waals surface area contributed by atoms with Gasteiger partial charge >= 0.3 is 5.97 Å². The van der Waals surface area contributed by atoms with E-state index in [0.29, 0.717) is 17.4 Å². The van der Waals surface area contributed by atoms with Gasteiger partial charge in [0.1, 0.15) is 0 Å². The molecule has 1 saturated carbocycles. The molecular weight excluding hydrogens is 398 g/mol. The lowest BCUT2D eigenvalue weighted by atomic mass is 9.79. The van der Waals surface area contributed by atoms with Gasteiger partial charge < -0.3 is 19.8 Å².